The van der Waals surface area contributed by atoms with Gasteiger partial charge in [0.05, 0.1) is 0 Å². The van der Waals surface area contributed by atoms with Gasteiger partial charge < -0.3 is 5.32 Å². The molecule has 0 amide bonds. The highest BCUT2D eigenvalue weighted by Gasteiger charge is 2.14. The molecule has 1 aromatic rings. The number of halogens is 1. The van der Waals surface area contributed by atoms with Crippen LogP contribution in [0.1, 0.15) is 26.3 Å². The molecule has 0 saturated carbocycles. The van der Waals surface area contributed by atoms with Crippen molar-refractivity contribution >= 4 is 27.7 Å². The van der Waals surface area contributed by atoms with Crippen LogP contribution in [0.2, 0.25) is 0 Å². The minimum atomic E-state index is 0.257. The molecular weight excluding hydrogens is 270 g/mol. The molecule has 0 aliphatic rings. The van der Waals surface area contributed by atoms with E-state index in [1.165, 1.54) is 14.9 Å². The summed E-state index contributed by atoms with van der Waals surface area (Å²) in [4.78, 5) is 1.31. The van der Waals surface area contributed by atoms with Gasteiger partial charge in [-0.2, -0.15) is 0 Å². The Hall–Kier alpha value is 0.01000. The fourth-order valence-electron chi connectivity index (χ4n) is 1.27. The first-order valence-corrected chi connectivity index (χ1v) is 6.65. The van der Waals surface area contributed by atoms with E-state index in [9.17, 15) is 0 Å². The van der Waals surface area contributed by atoms with Crippen molar-refractivity contribution in [3.8, 4) is 0 Å². The maximum Gasteiger partial charge on any atom is 0.0314 e. The lowest BCUT2D eigenvalue weighted by Gasteiger charge is -2.18. The normalized spacial score (nSPS) is 11.8. The van der Waals surface area contributed by atoms with Crippen LogP contribution in [0.5, 0.6) is 0 Å². The zero-order valence-corrected chi connectivity index (χ0v) is 12.1. The van der Waals surface area contributed by atoms with Crippen molar-refractivity contribution in [3.05, 3.63) is 28.2 Å². The van der Waals surface area contributed by atoms with Gasteiger partial charge in [0.25, 0.3) is 0 Å². The summed E-state index contributed by atoms with van der Waals surface area (Å²) in [6.07, 6.45) is 0. The topological polar surface area (TPSA) is 12.0 Å². The molecule has 84 valence electrons. The van der Waals surface area contributed by atoms with E-state index in [0.29, 0.717) is 0 Å². The number of hydrogen-bond acceptors (Lipinski definition) is 2. The molecule has 0 heterocycles. The van der Waals surface area contributed by atoms with Crippen LogP contribution in [0.15, 0.2) is 27.6 Å². The largest absolute Gasteiger partial charge is 0.316 e. The van der Waals surface area contributed by atoms with E-state index in [-0.39, 0.29) is 4.75 Å². The van der Waals surface area contributed by atoms with Crippen LogP contribution in [0, 0.1) is 0 Å². The summed E-state index contributed by atoms with van der Waals surface area (Å²) in [6.45, 7) is 7.60. The molecule has 0 aromatic heterocycles. The smallest absolute Gasteiger partial charge is 0.0314 e. The quantitative estimate of drug-likeness (QED) is 0.842. The Labute approximate surface area is 105 Å². The summed E-state index contributed by atoms with van der Waals surface area (Å²) < 4.78 is 1.45. The van der Waals surface area contributed by atoms with Crippen LogP contribution < -0.4 is 5.32 Å². The summed E-state index contributed by atoms with van der Waals surface area (Å²) in [5.41, 5.74) is 1.31. The highest BCUT2D eigenvalue weighted by Crippen LogP contribution is 2.36. The molecular formula is C12H18BrNS. The zero-order chi connectivity index (χ0) is 11.5. The van der Waals surface area contributed by atoms with Gasteiger partial charge in [-0.1, -0.05) is 26.8 Å². The van der Waals surface area contributed by atoms with Crippen molar-refractivity contribution in [2.75, 3.05) is 7.05 Å². The average molecular weight is 288 g/mol. The van der Waals surface area contributed by atoms with Crippen molar-refractivity contribution in [3.63, 3.8) is 0 Å². The Morgan fingerprint density at radius 2 is 2.00 bits per heavy atom. The number of thioether (sulfide) groups is 1. The van der Waals surface area contributed by atoms with Gasteiger partial charge in [-0.25, -0.2) is 0 Å². The van der Waals surface area contributed by atoms with Gasteiger partial charge in [0.2, 0.25) is 0 Å². The number of hydrogen-bond donors (Lipinski definition) is 1. The monoisotopic (exact) mass is 287 g/mol. The molecule has 0 saturated heterocycles. The molecule has 0 radical (unpaired) electrons. The lowest BCUT2D eigenvalue weighted by Crippen LogP contribution is -2.07. The van der Waals surface area contributed by atoms with Gasteiger partial charge in [0, 0.05) is 20.7 Å². The van der Waals surface area contributed by atoms with Gasteiger partial charge in [-0.05, 0) is 40.7 Å². The number of rotatable bonds is 3. The average Bonchev–Trinajstić information content (AvgIpc) is 2.08. The Morgan fingerprint density at radius 1 is 1.33 bits per heavy atom. The van der Waals surface area contributed by atoms with Gasteiger partial charge in [-0.15, -0.1) is 11.8 Å². The fraction of sp³-hybridized carbons (Fsp3) is 0.500. The maximum atomic E-state index is 3.62. The molecule has 1 aromatic carbocycles. The number of benzene rings is 1. The predicted octanol–water partition coefficient (Wildman–Crippen LogP) is 4.06. The second-order valence-electron chi connectivity index (χ2n) is 4.51. The Bertz CT molecular complexity index is 331. The minimum Gasteiger partial charge on any atom is -0.316 e. The molecule has 1 nitrogen and oxygen atoms in total. The highest BCUT2D eigenvalue weighted by molar-refractivity contribution is 9.10. The maximum absolute atomic E-state index is 3.62. The molecule has 1 rings (SSSR count). The van der Waals surface area contributed by atoms with Gasteiger partial charge in [0.1, 0.15) is 0 Å². The third kappa shape index (κ3) is 4.58. The Morgan fingerprint density at radius 3 is 2.47 bits per heavy atom. The minimum absolute atomic E-state index is 0.257. The first-order valence-electron chi connectivity index (χ1n) is 5.04. The molecule has 15 heavy (non-hydrogen) atoms. The van der Waals surface area contributed by atoms with Crippen LogP contribution in [-0.2, 0) is 6.54 Å². The van der Waals surface area contributed by atoms with E-state index < -0.39 is 0 Å². The van der Waals surface area contributed by atoms with Crippen LogP contribution in [0.4, 0.5) is 0 Å². The van der Waals surface area contributed by atoms with E-state index >= 15 is 0 Å². The standard InChI is InChI=1S/C12H18BrNS/c1-12(2,3)15-11-6-5-9(8-14-4)7-10(11)13/h5-7,14H,8H2,1-4H3. The van der Waals surface area contributed by atoms with E-state index in [2.05, 4.69) is 60.2 Å². The van der Waals surface area contributed by atoms with Crippen molar-refractivity contribution in [1.29, 1.82) is 0 Å². The van der Waals surface area contributed by atoms with Crippen molar-refractivity contribution in [1.82, 2.24) is 5.32 Å². The Balaban J connectivity index is 2.84. The van der Waals surface area contributed by atoms with Crippen molar-refractivity contribution in [2.24, 2.45) is 0 Å². The van der Waals surface area contributed by atoms with Crippen LogP contribution in [-0.4, -0.2) is 11.8 Å². The van der Waals surface area contributed by atoms with Crippen LogP contribution >= 0.6 is 27.7 Å². The van der Waals surface area contributed by atoms with Crippen LogP contribution in [0.25, 0.3) is 0 Å². The van der Waals surface area contributed by atoms with Crippen molar-refractivity contribution < 1.29 is 0 Å². The Kier molecular flexibility index (Phi) is 4.68. The molecule has 0 unspecified atom stereocenters. The highest BCUT2D eigenvalue weighted by atomic mass is 79.9. The summed E-state index contributed by atoms with van der Waals surface area (Å²) in [5, 5.41) is 3.15. The fourth-order valence-corrected chi connectivity index (χ4v) is 2.89. The first-order chi connectivity index (χ1) is 6.92. The molecule has 0 aliphatic heterocycles. The molecule has 0 bridgehead atoms. The van der Waals surface area contributed by atoms with E-state index in [1.54, 1.807) is 0 Å². The summed E-state index contributed by atoms with van der Waals surface area (Å²) in [5.74, 6) is 0. The van der Waals surface area contributed by atoms with E-state index in [0.717, 1.165) is 6.54 Å². The molecule has 0 spiro atoms. The second kappa shape index (κ2) is 5.37. The molecule has 0 atom stereocenters. The zero-order valence-electron chi connectivity index (χ0n) is 9.73. The molecule has 3 heteroatoms. The van der Waals surface area contributed by atoms with E-state index in [4.69, 9.17) is 0 Å². The summed E-state index contributed by atoms with van der Waals surface area (Å²) >= 11 is 5.51. The summed E-state index contributed by atoms with van der Waals surface area (Å²) in [6, 6.07) is 6.55. The lowest BCUT2D eigenvalue weighted by molar-refractivity contribution is 0.801. The number of nitrogens with one attached hydrogen (secondary N) is 1. The van der Waals surface area contributed by atoms with E-state index in [1.807, 2.05) is 18.8 Å². The molecule has 1 N–H and O–H groups in total. The van der Waals surface area contributed by atoms with Gasteiger partial charge >= 0.3 is 0 Å². The van der Waals surface area contributed by atoms with Crippen molar-refractivity contribution in [2.45, 2.75) is 37.0 Å². The van der Waals surface area contributed by atoms with Gasteiger partial charge in [0.15, 0.2) is 0 Å². The SMILES string of the molecule is CNCc1ccc(SC(C)(C)C)c(Br)c1. The third-order valence-electron chi connectivity index (χ3n) is 1.79. The third-order valence-corrected chi connectivity index (χ3v) is 3.90. The lowest BCUT2D eigenvalue weighted by atomic mass is 10.2. The predicted molar refractivity (Wildman–Crippen MR) is 72.5 cm³/mol. The first kappa shape index (κ1) is 13.1. The van der Waals surface area contributed by atoms with Crippen LogP contribution in [0.3, 0.4) is 0 Å². The summed E-state index contributed by atoms with van der Waals surface area (Å²) in [7, 11) is 1.96. The molecule has 0 fully saturated rings. The molecule has 0 aliphatic carbocycles. The second-order valence-corrected chi connectivity index (χ2v) is 7.23. The van der Waals surface area contributed by atoms with Gasteiger partial charge in [-0.3, -0.25) is 0 Å².